The third kappa shape index (κ3) is 6.05. The van der Waals surface area contributed by atoms with Crippen LogP contribution in [0.15, 0.2) is 5.38 Å². The second-order valence-corrected chi connectivity index (χ2v) is 4.39. The lowest BCUT2D eigenvalue weighted by Gasteiger charge is -2.03. The average Bonchev–Trinajstić information content (AvgIpc) is 2.83. The zero-order valence-electron chi connectivity index (χ0n) is 10.9. The van der Waals surface area contributed by atoms with Crippen LogP contribution >= 0.6 is 11.3 Å². The van der Waals surface area contributed by atoms with E-state index in [1.54, 1.807) is 19.2 Å². The van der Waals surface area contributed by atoms with E-state index in [9.17, 15) is 9.59 Å². The monoisotopic (exact) mass is 287 g/mol. The predicted octanol–water partition coefficient (Wildman–Crippen LogP) is 1.64. The second-order valence-electron chi connectivity index (χ2n) is 3.45. The number of carbonyl (C=O) groups is 2. The molecular formula is C11H17N3O4S. The summed E-state index contributed by atoms with van der Waals surface area (Å²) in [6, 6.07) is 0. The van der Waals surface area contributed by atoms with E-state index in [0.717, 1.165) is 0 Å². The zero-order chi connectivity index (χ0) is 14.1. The lowest BCUT2D eigenvalue weighted by atomic mass is 10.5. The number of hydrogen-bond donors (Lipinski definition) is 2. The van der Waals surface area contributed by atoms with E-state index in [-0.39, 0.29) is 13.2 Å². The summed E-state index contributed by atoms with van der Waals surface area (Å²) >= 11 is 1.35. The highest BCUT2D eigenvalue weighted by Crippen LogP contribution is 2.11. The van der Waals surface area contributed by atoms with Crippen LogP contribution in [0.1, 0.15) is 24.5 Å². The Labute approximate surface area is 115 Å². The number of amides is 2. The molecule has 0 aromatic carbocycles. The van der Waals surface area contributed by atoms with E-state index in [2.05, 4.69) is 15.6 Å². The summed E-state index contributed by atoms with van der Waals surface area (Å²) in [6.45, 7) is 4.85. The first-order chi connectivity index (χ1) is 9.15. The van der Waals surface area contributed by atoms with Gasteiger partial charge in [0.2, 0.25) is 0 Å². The van der Waals surface area contributed by atoms with Crippen molar-refractivity contribution in [3.8, 4) is 0 Å². The molecule has 0 saturated heterocycles. The summed E-state index contributed by atoms with van der Waals surface area (Å²) in [5, 5.41) is 7.44. The van der Waals surface area contributed by atoms with Gasteiger partial charge in [0.25, 0.3) is 0 Å². The van der Waals surface area contributed by atoms with Crippen molar-refractivity contribution >= 4 is 23.5 Å². The number of nitrogens with one attached hydrogen (secondary N) is 2. The molecule has 0 aliphatic rings. The summed E-state index contributed by atoms with van der Waals surface area (Å²) in [4.78, 5) is 26.3. The van der Waals surface area contributed by atoms with Gasteiger partial charge in [-0.1, -0.05) is 0 Å². The van der Waals surface area contributed by atoms with E-state index in [0.29, 0.717) is 23.8 Å². The summed E-state index contributed by atoms with van der Waals surface area (Å²) in [7, 11) is 0. The molecule has 2 amide bonds. The Bertz CT molecular complexity index is 385. The van der Waals surface area contributed by atoms with Crippen LogP contribution in [-0.2, 0) is 22.7 Å². The number of rotatable bonds is 6. The van der Waals surface area contributed by atoms with E-state index in [1.165, 1.54) is 11.3 Å². The highest BCUT2D eigenvalue weighted by Gasteiger charge is 2.07. The van der Waals surface area contributed by atoms with E-state index in [1.807, 2.05) is 0 Å². The van der Waals surface area contributed by atoms with Crippen molar-refractivity contribution in [3.05, 3.63) is 16.1 Å². The molecule has 0 spiro atoms. The number of hydrogen-bond acceptors (Lipinski definition) is 6. The number of alkyl carbamates (subject to hydrolysis) is 2. The molecule has 0 saturated carbocycles. The van der Waals surface area contributed by atoms with Gasteiger partial charge in [-0.3, -0.25) is 0 Å². The van der Waals surface area contributed by atoms with Crippen LogP contribution in [0.2, 0.25) is 0 Å². The summed E-state index contributed by atoms with van der Waals surface area (Å²) in [5.41, 5.74) is 0.630. The van der Waals surface area contributed by atoms with Crippen LogP contribution in [-0.4, -0.2) is 30.3 Å². The molecule has 0 aliphatic carbocycles. The smallest absolute Gasteiger partial charge is 0.407 e. The molecule has 1 aromatic rings. The van der Waals surface area contributed by atoms with E-state index in [4.69, 9.17) is 9.47 Å². The van der Waals surface area contributed by atoms with Crippen LogP contribution in [0.5, 0.6) is 0 Å². The maximum atomic E-state index is 11.1. The standard InChI is InChI=1S/C11H17N3O4S/c1-3-12-10(15)17-5-8-7-19-9(14-8)6-18-11(16)13-4-2/h7H,3-6H2,1-2H3,(H,12,15)(H,13,16). The molecule has 1 rings (SSSR count). The van der Waals surface area contributed by atoms with E-state index < -0.39 is 12.2 Å². The van der Waals surface area contributed by atoms with Gasteiger partial charge >= 0.3 is 12.2 Å². The molecular weight excluding hydrogens is 270 g/mol. The fraction of sp³-hybridized carbons (Fsp3) is 0.545. The van der Waals surface area contributed by atoms with Crippen LogP contribution in [0.25, 0.3) is 0 Å². The highest BCUT2D eigenvalue weighted by molar-refractivity contribution is 7.09. The Morgan fingerprint density at radius 1 is 1.16 bits per heavy atom. The van der Waals surface area contributed by atoms with Crippen molar-refractivity contribution in [2.75, 3.05) is 13.1 Å². The minimum atomic E-state index is -0.476. The normalized spacial score (nSPS) is 9.79. The van der Waals surface area contributed by atoms with Gasteiger partial charge in [0.15, 0.2) is 0 Å². The summed E-state index contributed by atoms with van der Waals surface area (Å²) < 4.78 is 9.84. The first-order valence-corrected chi connectivity index (χ1v) is 6.78. The van der Waals surface area contributed by atoms with Crippen molar-refractivity contribution in [2.24, 2.45) is 0 Å². The third-order valence-corrected chi connectivity index (χ3v) is 2.79. The molecule has 2 N–H and O–H groups in total. The quantitative estimate of drug-likeness (QED) is 0.830. The largest absolute Gasteiger partial charge is 0.443 e. The van der Waals surface area contributed by atoms with Crippen LogP contribution in [0.4, 0.5) is 9.59 Å². The van der Waals surface area contributed by atoms with Crippen molar-refractivity contribution < 1.29 is 19.1 Å². The Kier molecular flexibility index (Phi) is 6.65. The Hall–Kier alpha value is -1.83. The molecule has 1 heterocycles. The molecule has 0 fully saturated rings. The maximum absolute atomic E-state index is 11.1. The SMILES string of the molecule is CCNC(=O)OCc1csc(COC(=O)NCC)n1. The van der Waals surface area contributed by atoms with Gasteiger partial charge < -0.3 is 20.1 Å². The van der Waals surface area contributed by atoms with Gasteiger partial charge in [-0.2, -0.15) is 0 Å². The molecule has 0 aliphatic heterocycles. The summed E-state index contributed by atoms with van der Waals surface area (Å²) in [5.74, 6) is 0. The molecule has 0 atom stereocenters. The first kappa shape index (κ1) is 15.2. The average molecular weight is 287 g/mol. The number of aromatic nitrogens is 1. The van der Waals surface area contributed by atoms with Crippen LogP contribution < -0.4 is 10.6 Å². The van der Waals surface area contributed by atoms with Crippen molar-refractivity contribution in [3.63, 3.8) is 0 Å². The van der Waals surface area contributed by atoms with Gasteiger partial charge in [-0.15, -0.1) is 11.3 Å². The topological polar surface area (TPSA) is 89.5 Å². The molecule has 19 heavy (non-hydrogen) atoms. The van der Waals surface area contributed by atoms with Crippen LogP contribution in [0.3, 0.4) is 0 Å². The van der Waals surface area contributed by atoms with Gasteiger partial charge in [-0.25, -0.2) is 14.6 Å². The first-order valence-electron chi connectivity index (χ1n) is 5.90. The molecule has 106 valence electrons. The Balaban J connectivity index is 2.32. The molecule has 0 radical (unpaired) electrons. The minimum Gasteiger partial charge on any atom is -0.443 e. The van der Waals surface area contributed by atoms with Crippen molar-refractivity contribution in [1.29, 1.82) is 0 Å². The number of ether oxygens (including phenoxy) is 2. The van der Waals surface area contributed by atoms with Gasteiger partial charge in [0, 0.05) is 18.5 Å². The van der Waals surface area contributed by atoms with E-state index >= 15 is 0 Å². The number of nitrogens with zero attached hydrogens (tertiary/aromatic N) is 1. The fourth-order valence-electron chi connectivity index (χ4n) is 1.14. The molecule has 8 heteroatoms. The molecule has 7 nitrogen and oxygen atoms in total. The van der Waals surface area contributed by atoms with Gasteiger partial charge in [0.05, 0.1) is 5.69 Å². The lowest BCUT2D eigenvalue weighted by molar-refractivity contribution is 0.137. The van der Waals surface area contributed by atoms with Crippen molar-refractivity contribution in [2.45, 2.75) is 27.1 Å². The Morgan fingerprint density at radius 3 is 2.32 bits per heavy atom. The molecule has 0 unspecified atom stereocenters. The van der Waals surface area contributed by atoms with Gasteiger partial charge in [0.1, 0.15) is 18.2 Å². The number of carbonyl (C=O) groups excluding carboxylic acids is 2. The Morgan fingerprint density at radius 2 is 1.74 bits per heavy atom. The maximum Gasteiger partial charge on any atom is 0.407 e. The number of thiazole rings is 1. The third-order valence-electron chi connectivity index (χ3n) is 1.92. The lowest BCUT2D eigenvalue weighted by Crippen LogP contribution is -2.23. The van der Waals surface area contributed by atoms with Crippen molar-refractivity contribution in [1.82, 2.24) is 15.6 Å². The second kappa shape index (κ2) is 8.30. The summed E-state index contributed by atoms with van der Waals surface area (Å²) in [6.07, 6.45) is -0.951. The zero-order valence-corrected chi connectivity index (χ0v) is 11.7. The van der Waals surface area contributed by atoms with Gasteiger partial charge in [-0.05, 0) is 13.8 Å². The highest BCUT2D eigenvalue weighted by atomic mass is 32.1. The fourth-order valence-corrected chi connectivity index (χ4v) is 1.83. The minimum absolute atomic E-state index is 0.101. The molecule has 0 bridgehead atoms. The molecule has 1 aromatic heterocycles. The predicted molar refractivity (Wildman–Crippen MR) is 69.8 cm³/mol. The van der Waals surface area contributed by atoms with Crippen LogP contribution in [0, 0.1) is 0 Å².